The number of nitrogens with zero attached hydrogens (tertiary/aromatic N) is 1. The summed E-state index contributed by atoms with van der Waals surface area (Å²) in [4.78, 5) is 57.9. The molecule has 3 aliphatic heterocycles. The van der Waals surface area contributed by atoms with Gasteiger partial charge in [0.15, 0.2) is 0 Å². The number of carbonyl (C=O) groups is 4. The van der Waals surface area contributed by atoms with Crippen molar-refractivity contribution in [3.8, 4) is 0 Å². The number of hydrogen-bond donors (Lipinski definition) is 3. The Balaban J connectivity index is 1.77. The quantitative estimate of drug-likeness (QED) is 0.181. The molecule has 4 rings (SSSR count). The van der Waals surface area contributed by atoms with Crippen LogP contribution in [0.1, 0.15) is 119 Å². The third-order valence-corrected chi connectivity index (χ3v) is 13.1. The number of carbonyl (C=O) groups excluding carboxylic acids is 4. The molecule has 14 atom stereocenters. The number of ether oxygens (including phenoxy) is 5. The first kappa shape index (κ1) is 47.2. The molecule has 13 heteroatoms. The highest BCUT2D eigenvalue weighted by atomic mass is 16.7. The zero-order chi connectivity index (χ0) is 42.2. The maximum atomic E-state index is 14.3. The largest absolute Gasteiger partial charge is 0.456 e. The normalized spacial score (nSPS) is 41.1. The summed E-state index contributed by atoms with van der Waals surface area (Å²) < 4.78 is 29.8. The number of aliphatic hydroxyl groups is 3. The van der Waals surface area contributed by atoms with Crippen LogP contribution in [0.5, 0.6) is 0 Å². The molecule has 2 saturated heterocycles. The number of rotatable bonds is 7. The predicted molar refractivity (Wildman–Crippen MR) is 213 cm³/mol. The van der Waals surface area contributed by atoms with Gasteiger partial charge in [-0.2, -0.15) is 0 Å². The van der Waals surface area contributed by atoms with Gasteiger partial charge in [-0.3, -0.25) is 14.4 Å². The van der Waals surface area contributed by atoms with Crippen molar-refractivity contribution in [3.05, 3.63) is 23.3 Å². The van der Waals surface area contributed by atoms with Crippen LogP contribution >= 0.6 is 0 Å². The van der Waals surface area contributed by atoms with Gasteiger partial charge >= 0.3 is 5.97 Å². The van der Waals surface area contributed by atoms with Gasteiger partial charge in [0.2, 0.25) is 5.79 Å². The average molecular weight is 806 g/mol. The Hall–Kier alpha value is -2.52. The van der Waals surface area contributed by atoms with Crippen molar-refractivity contribution >= 4 is 23.4 Å². The van der Waals surface area contributed by atoms with Crippen LogP contribution in [0.4, 0.5) is 0 Å². The number of amides is 1. The molecular formula is C44H71NO12. The number of Topliss-reactive ketones (excluding diaryl/α,β-unsaturated/α-hetero) is 2. The number of fused-ring (bicyclic) bond motifs is 3. The minimum absolute atomic E-state index is 0.000416. The van der Waals surface area contributed by atoms with Crippen molar-refractivity contribution < 1.29 is 58.2 Å². The van der Waals surface area contributed by atoms with Crippen LogP contribution in [0, 0.1) is 29.6 Å². The van der Waals surface area contributed by atoms with Gasteiger partial charge in [0.05, 0.1) is 30.5 Å². The first-order valence-corrected chi connectivity index (χ1v) is 21.3. The van der Waals surface area contributed by atoms with Crippen molar-refractivity contribution in [1.82, 2.24) is 4.90 Å². The van der Waals surface area contributed by atoms with Crippen molar-refractivity contribution in [1.29, 1.82) is 0 Å². The van der Waals surface area contributed by atoms with E-state index in [1.807, 2.05) is 32.9 Å². The fourth-order valence-electron chi connectivity index (χ4n) is 9.60. The third-order valence-electron chi connectivity index (χ3n) is 13.1. The molecule has 14 unspecified atom stereocenters. The molecule has 4 aliphatic rings. The van der Waals surface area contributed by atoms with E-state index in [0.717, 1.165) is 12.0 Å². The molecule has 0 spiro atoms. The van der Waals surface area contributed by atoms with Crippen LogP contribution in [0.3, 0.4) is 0 Å². The van der Waals surface area contributed by atoms with E-state index in [-0.39, 0.29) is 49.5 Å². The van der Waals surface area contributed by atoms with Crippen LogP contribution in [0.2, 0.25) is 0 Å². The third kappa shape index (κ3) is 11.4. The molecule has 3 N–H and O–H groups in total. The first-order chi connectivity index (χ1) is 27.0. The van der Waals surface area contributed by atoms with E-state index in [1.54, 1.807) is 21.0 Å². The smallest absolute Gasteiger partial charge is 0.329 e. The second-order valence-corrected chi connectivity index (χ2v) is 17.5. The maximum Gasteiger partial charge on any atom is 0.329 e. The highest BCUT2D eigenvalue weighted by Gasteiger charge is 2.56. The molecule has 0 radical (unpaired) electrons. The predicted octanol–water partition coefficient (Wildman–Crippen LogP) is 4.86. The second kappa shape index (κ2) is 21.1. The van der Waals surface area contributed by atoms with Gasteiger partial charge in [-0.05, 0) is 95.5 Å². The van der Waals surface area contributed by atoms with Crippen LogP contribution < -0.4 is 0 Å². The average Bonchev–Trinajstić information content (AvgIpc) is 3.18. The van der Waals surface area contributed by atoms with E-state index >= 15 is 0 Å². The fourth-order valence-corrected chi connectivity index (χ4v) is 9.60. The number of methoxy groups -OCH3 is 3. The van der Waals surface area contributed by atoms with E-state index in [4.69, 9.17) is 23.7 Å². The molecule has 0 aromatic rings. The summed E-state index contributed by atoms with van der Waals surface area (Å²) in [5, 5.41) is 34.2. The van der Waals surface area contributed by atoms with Gasteiger partial charge in [-0.15, -0.1) is 0 Å². The summed E-state index contributed by atoms with van der Waals surface area (Å²) >= 11 is 0. The minimum Gasteiger partial charge on any atom is -0.456 e. The highest BCUT2D eigenvalue weighted by Crippen LogP contribution is 2.39. The molecular weight excluding hydrogens is 734 g/mol. The molecule has 1 saturated carbocycles. The van der Waals surface area contributed by atoms with E-state index in [9.17, 15) is 34.5 Å². The Morgan fingerprint density at radius 3 is 2.23 bits per heavy atom. The van der Waals surface area contributed by atoms with Gasteiger partial charge in [-0.25, -0.2) is 4.79 Å². The number of ketones is 2. The SMILES string of the molecule is CCCC1/C=C(/C)CC(C)CC(OC)C2OC(O)(C(=O)C(=O)N3CCCCC3C(=O)OC(/C(C)=C/C3CCC(O)C(OC)C3)C(C)C(O)CC1=O)C(C)CC2OC. The lowest BCUT2D eigenvalue weighted by molar-refractivity contribution is -0.302. The molecule has 13 nitrogen and oxygen atoms in total. The standard InChI is InChI=1S/C44H71NO12/c1-10-13-31-19-25(2)18-26(3)20-37(54-8)40-38(55-9)22-28(5)44(52,57-40)41(49)42(50)45-17-12-11-14-32(45)43(51)56-39(29(6)34(47)24-35(31)48)27(4)21-30-15-16-33(46)36(23-30)53-7/h19,21,26,28-34,36-40,46-47,52H,10-18,20,22-24H2,1-9H3/b25-19-,27-21+. The topological polar surface area (TPSA) is 178 Å². The van der Waals surface area contributed by atoms with Crippen LogP contribution in [0.15, 0.2) is 23.3 Å². The Bertz CT molecular complexity index is 1450. The highest BCUT2D eigenvalue weighted by molar-refractivity contribution is 6.39. The zero-order valence-corrected chi connectivity index (χ0v) is 35.8. The number of cyclic esters (lactones) is 1. The summed E-state index contributed by atoms with van der Waals surface area (Å²) in [5.74, 6) is -7.46. The zero-order valence-electron chi connectivity index (χ0n) is 35.8. The Morgan fingerprint density at radius 2 is 1.58 bits per heavy atom. The monoisotopic (exact) mass is 805 g/mol. The molecule has 324 valence electrons. The lowest BCUT2D eigenvalue weighted by atomic mass is 9.81. The number of allylic oxidation sites excluding steroid dienone is 3. The molecule has 1 aliphatic carbocycles. The Labute approximate surface area is 339 Å². The van der Waals surface area contributed by atoms with Crippen LogP contribution in [0.25, 0.3) is 0 Å². The van der Waals surface area contributed by atoms with Gasteiger partial charge in [0.25, 0.3) is 11.7 Å². The lowest BCUT2D eigenvalue weighted by Gasteiger charge is -2.47. The van der Waals surface area contributed by atoms with E-state index < -0.39 is 83.9 Å². The maximum absolute atomic E-state index is 14.3. The molecule has 0 aromatic heterocycles. The molecule has 3 fully saturated rings. The Kier molecular flexibility index (Phi) is 17.5. The van der Waals surface area contributed by atoms with E-state index in [0.29, 0.717) is 56.9 Å². The minimum atomic E-state index is -2.50. The molecule has 0 aromatic carbocycles. The van der Waals surface area contributed by atoms with Gasteiger partial charge < -0.3 is 43.9 Å². The Morgan fingerprint density at radius 1 is 0.912 bits per heavy atom. The summed E-state index contributed by atoms with van der Waals surface area (Å²) in [6.07, 6.45) is 4.60. The molecule has 2 bridgehead atoms. The van der Waals surface area contributed by atoms with Crippen molar-refractivity contribution in [3.63, 3.8) is 0 Å². The summed E-state index contributed by atoms with van der Waals surface area (Å²) in [6, 6.07) is -1.13. The summed E-state index contributed by atoms with van der Waals surface area (Å²) in [6.45, 7) is 11.4. The summed E-state index contributed by atoms with van der Waals surface area (Å²) in [5.41, 5.74) is 1.67. The number of piperidine rings is 1. The van der Waals surface area contributed by atoms with Gasteiger partial charge in [-0.1, -0.05) is 51.8 Å². The summed E-state index contributed by atoms with van der Waals surface area (Å²) in [7, 11) is 4.64. The lowest BCUT2D eigenvalue weighted by Crippen LogP contribution is -2.64. The first-order valence-electron chi connectivity index (χ1n) is 21.3. The van der Waals surface area contributed by atoms with Gasteiger partial charge in [0, 0.05) is 52.0 Å². The number of esters is 1. The van der Waals surface area contributed by atoms with Gasteiger partial charge in [0.1, 0.15) is 24.0 Å². The van der Waals surface area contributed by atoms with Crippen LogP contribution in [-0.4, -0.2) is 126 Å². The molecule has 3 heterocycles. The second-order valence-electron chi connectivity index (χ2n) is 17.5. The molecule has 57 heavy (non-hydrogen) atoms. The fraction of sp³-hybridized carbons (Fsp3) is 0.818. The van der Waals surface area contributed by atoms with Crippen LogP contribution in [-0.2, 0) is 42.9 Å². The van der Waals surface area contributed by atoms with Crippen molar-refractivity contribution in [2.24, 2.45) is 29.6 Å². The van der Waals surface area contributed by atoms with Crippen molar-refractivity contribution in [2.45, 2.75) is 173 Å². The molecule has 1 amide bonds. The number of aliphatic hydroxyl groups excluding tert-OH is 2. The van der Waals surface area contributed by atoms with E-state index in [1.165, 1.54) is 19.1 Å². The number of hydrogen-bond acceptors (Lipinski definition) is 12. The van der Waals surface area contributed by atoms with E-state index in [2.05, 4.69) is 6.92 Å². The van der Waals surface area contributed by atoms with Crippen molar-refractivity contribution in [2.75, 3.05) is 27.9 Å².